The molecule has 122 valence electrons. The first-order chi connectivity index (χ1) is 11.2. The van der Waals surface area contributed by atoms with Gasteiger partial charge in [-0.25, -0.2) is 4.98 Å². The maximum absolute atomic E-state index is 11.6. The van der Waals surface area contributed by atoms with Crippen molar-refractivity contribution in [3.8, 4) is 0 Å². The molecule has 0 aliphatic heterocycles. The van der Waals surface area contributed by atoms with E-state index in [9.17, 15) is 4.79 Å². The summed E-state index contributed by atoms with van der Waals surface area (Å²) in [7, 11) is 0. The lowest BCUT2D eigenvalue weighted by atomic mass is 10.0. The van der Waals surface area contributed by atoms with Crippen LogP contribution in [0.25, 0.3) is 0 Å². The number of thiazole rings is 1. The fraction of sp³-hybridized carbons (Fsp3) is 0.444. The Morgan fingerprint density at radius 3 is 2.78 bits per heavy atom. The highest BCUT2D eigenvalue weighted by molar-refractivity contribution is 7.11. The normalized spacial score (nSPS) is 15.1. The number of primary amides is 1. The first-order valence-corrected chi connectivity index (χ1v) is 9.11. The van der Waals surface area contributed by atoms with E-state index in [4.69, 9.17) is 10.7 Å². The van der Waals surface area contributed by atoms with Gasteiger partial charge in [0.1, 0.15) is 6.04 Å². The average Bonchev–Trinajstić information content (AvgIpc) is 2.98. The number of benzene rings is 1. The number of carbonyl (C=O) groups is 1. The Bertz CT molecular complexity index is 630. The maximum Gasteiger partial charge on any atom is 0.239 e. The van der Waals surface area contributed by atoms with Crippen molar-refractivity contribution >= 4 is 17.2 Å². The molecule has 0 spiro atoms. The van der Waals surface area contributed by atoms with Crippen LogP contribution in [0.2, 0.25) is 0 Å². The molecule has 1 aliphatic rings. The first-order valence-electron chi connectivity index (χ1n) is 8.29. The molecule has 1 aromatic carbocycles. The summed E-state index contributed by atoms with van der Waals surface area (Å²) in [5.41, 5.74) is 7.76. The molecule has 1 aliphatic carbocycles. The minimum Gasteiger partial charge on any atom is -0.368 e. The minimum atomic E-state index is -0.416. The Balaban J connectivity index is 1.50. The molecule has 1 heterocycles. The van der Waals surface area contributed by atoms with Crippen LogP contribution >= 0.6 is 11.3 Å². The number of rotatable bonds is 7. The predicted molar refractivity (Wildman–Crippen MR) is 93.5 cm³/mol. The monoisotopic (exact) mass is 329 g/mol. The lowest BCUT2D eigenvalue weighted by molar-refractivity contribution is -0.120. The standard InChI is InChI=1S/C18H23N3OS/c19-18(22)17(13-7-2-1-3-8-13)20-12-6-11-16-21-14-9-4-5-10-15(14)23-16/h1-3,7-8,17,20H,4-6,9-12H2,(H2,19,22). The van der Waals surface area contributed by atoms with Crippen LogP contribution in [-0.4, -0.2) is 17.4 Å². The highest BCUT2D eigenvalue weighted by Gasteiger charge is 2.17. The van der Waals surface area contributed by atoms with E-state index in [1.807, 2.05) is 41.7 Å². The maximum atomic E-state index is 11.6. The van der Waals surface area contributed by atoms with E-state index >= 15 is 0 Å². The second-order valence-electron chi connectivity index (χ2n) is 5.99. The van der Waals surface area contributed by atoms with E-state index in [1.54, 1.807) is 0 Å². The molecule has 0 fully saturated rings. The van der Waals surface area contributed by atoms with E-state index in [0.29, 0.717) is 0 Å². The molecular formula is C18H23N3OS. The third-order valence-electron chi connectivity index (χ3n) is 4.22. The summed E-state index contributed by atoms with van der Waals surface area (Å²) < 4.78 is 0. The summed E-state index contributed by atoms with van der Waals surface area (Å²) in [6.07, 6.45) is 6.83. The number of aryl methyl sites for hydroxylation is 3. The smallest absolute Gasteiger partial charge is 0.239 e. The summed E-state index contributed by atoms with van der Waals surface area (Å²) in [6, 6.07) is 9.22. The van der Waals surface area contributed by atoms with Crippen molar-refractivity contribution in [3.05, 3.63) is 51.5 Å². The van der Waals surface area contributed by atoms with Crippen molar-refractivity contribution in [3.63, 3.8) is 0 Å². The van der Waals surface area contributed by atoms with Crippen molar-refractivity contribution in [1.82, 2.24) is 10.3 Å². The second-order valence-corrected chi connectivity index (χ2v) is 7.16. The zero-order valence-electron chi connectivity index (χ0n) is 13.3. The molecule has 0 bridgehead atoms. The summed E-state index contributed by atoms with van der Waals surface area (Å²) >= 11 is 1.87. The molecule has 3 N–H and O–H groups in total. The summed E-state index contributed by atoms with van der Waals surface area (Å²) in [5, 5.41) is 4.50. The van der Waals surface area contributed by atoms with E-state index in [-0.39, 0.29) is 5.91 Å². The zero-order chi connectivity index (χ0) is 16.1. The van der Waals surface area contributed by atoms with Crippen LogP contribution in [0.1, 0.15) is 46.4 Å². The van der Waals surface area contributed by atoms with Gasteiger partial charge in [-0.15, -0.1) is 11.3 Å². The van der Waals surface area contributed by atoms with Gasteiger partial charge in [0.25, 0.3) is 0 Å². The number of fused-ring (bicyclic) bond motifs is 1. The van der Waals surface area contributed by atoms with E-state index < -0.39 is 6.04 Å². The van der Waals surface area contributed by atoms with Crippen LogP contribution in [0.3, 0.4) is 0 Å². The average molecular weight is 329 g/mol. The second kappa shape index (κ2) is 7.70. The van der Waals surface area contributed by atoms with Gasteiger partial charge >= 0.3 is 0 Å². The molecule has 1 aromatic heterocycles. The third kappa shape index (κ3) is 4.18. The van der Waals surface area contributed by atoms with E-state index in [2.05, 4.69) is 5.32 Å². The Morgan fingerprint density at radius 1 is 1.26 bits per heavy atom. The van der Waals surface area contributed by atoms with Gasteiger partial charge in [0.2, 0.25) is 5.91 Å². The van der Waals surface area contributed by atoms with Gasteiger partial charge in [0, 0.05) is 11.3 Å². The van der Waals surface area contributed by atoms with Crippen LogP contribution in [0.4, 0.5) is 0 Å². The molecule has 0 saturated carbocycles. The van der Waals surface area contributed by atoms with Crippen LogP contribution in [0.15, 0.2) is 30.3 Å². The first kappa shape index (κ1) is 16.1. The fourth-order valence-corrected chi connectivity index (χ4v) is 4.23. The number of amides is 1. The molecule has 23 heavy (non-hydrogen) atoms. The van der Waals surface area contributed by atoms with E-state index in [0.717, 1.165) is 31.4 Å². The molecule has 1 unspecified atom stereocenters. The van der Waals surface area contributed by atoms with E-state index in [1.165, 1.54) is 34.8 Å². The Kier molecular flexibility index (Phi) is 5.41. The molecule has 0 radical (unpaired) electrons. The SMILES string of the molecule is NC(=O)C(NCCCc1nc2c(s1)CCCC2)c1ccccc1. The van der Waals surface area contributed by atoms with Gasteiger partial charge in [-0.1, -0.05) is 30.3 Å². The van der Waals surface area contributed by atoms with Crippen molar-refractivity contribution < 1.29 is 4.79 Å². The number of hydrogen-bond donors (Lipinski definition) is 2. The number of nitrogens with zero attached hydrogens (tertiary/aromatic N) is 1. The van der Waals surface area contributed by atoms with Crippen molar-refractivity contribution in [2.24, 2.45) is 5.73 Å². The van der Waals surface area contributed by atoms with Crippen molar-refractivity contribution in [2.45, 2.75) is 44.6 Å². The minimum absolute atomic E-state index is 0.332. The van der Waals surface area contributed by atoms with Crippen LogP contribution in [-0.2, 0) is 24.1 Å². The lowest BCUT2D eigenvalue weighted by Gasteiger charge is -2.15. The topological polar surface area (TPSA) is 68.0 Å². The molecule has 0 saturated heterocycles. The summed E-state index contributed by atoms with van der Waals surface area (Å²) in [5.74, 6) is -0.332. The van der Waals surface area contributed by atoms with Crippen LogP contribution in [0, 0.1) is 0 Å². The predicted octanol–water partition coefficient (Wildman–Crippen LogP) is 2.77. The molecule has 1 atom stereocenters. The van der Waals surface area contributed by atoms with Gasteiger partial charge in [0.15, 0.2) is 0 Å². The van der Waals surface area contributed by atoms with Crippen molar-refractivity contribution in [2.75, 3.05) is 6.54 Å². The number of nitrogens with one attached hydrogen (secondary N) is 1. The molecular weight excluding hydrogens is 306 g/mol. The molecule has 5 heteroatoms. The highest BCUT2D eigenvalue weighted by Crippen LogP contribution is 2.27. The van der Waals surface area contributed by atoms with Crippen LogP contribution in [0.5, 0.6) is 0 Å². The number of hydrogen-bond acceptors (Lipinski definition) is 4. The van der Waals surface area contributed by atoms with Gasteiger partial charge in [0.05, 0.1) is 10.7 Å². The van der Waals surface area contributed by atoms with Gasteiger partial charge in [-0.3, -0.25) is 4.79 Å². The van der Waals surface area contributed by atoms with Crippen LogP contribution < -0.4 is 11.1 Å². The quantitative estimate of drug-likeness (QED) is 0.768. The molecule has 4 nitrogen and oxygen atoms in total. The van der Waals surface area contributed by atoms with Gasteiger partial charge in [-0.05, 0) is 44.2 Å². The number of carbonyl (C=O) groups excluding carboxylic acids is 1. The zero-order valence-corrected chi connectivity index (χ0v) is 14.1. The molecule has 2 aromatic rings. The fourth-order valence-electron chi connectivity index (χ4n) is 3.03. The largest absolute Gasteiger partial charge is 0.368 e. The molecule has 1 amide bonds. The Hall–Kier alpha value is -1.72. The molecule has 3 rings (SSSR count). The summed E-state index contributed by atoms with van der Waals surface area (Å²) in [6.45, 7) is 0.757. The Morgan fingerprint density at radius 2 is 2.04 bits per heavy atom. The third-order valence-corrected chi connectivity index (χ3v) is 5.44. The summed E-state index contributed by atoms with van der Waals surface area (Å²) in [4.78, 5) is 17.9. The van der Waals surface area contributed by atoms with Crippen molar-refractivity contribution in [1.29, 1.82) is 0 Å². The van der Waals surface area contributed by atoms with Gasteiger partial charge < -0.3 is 11.1 Å². The number of nitrogens with two attached hydrogens (primary N) is 1. The lowest BCUT2D eigenvalue weighted by Crippen LogP contribution is -2.34. The highest BCUT2D eigenvalue weighted by atomic mass is 32.1. The van der Waals surface area contributed by atoms with Gasteiger partial charge in [-0.2, -0.15) is 0 Å². The Labute approximate surface area is 141 Å². The number of aromatic nitrogens is 1.